The highest BCUT2D eigenvalue weighted by atomic mass is 16.6. The van der Waals surface area contributed by atoms with Gasteiger partial charge in [0.1, 0.15) is 5.56 Å². The van der Waals surface area contributed by atoms with Crippen molar-refractivity contribution in [1.82, 2.24) is 0 Å². The Morgan fingerprint density at radius 2 is 2.07 bits per heavy atom. The normalized spacial score (nSPS) is 14.7. The molecule has 0 spiro atoms. The van der Waals surface area contributed by atoms with Crippen LogP contribution in [0.2, 0.25) is 0 Å². The molecule has 0 unspecified atom stereocenters. The van der Waals surface area contributed by atoms with Gasteiger partial charge in [0.25, 0.3) is 0 Å². The average Bonchev–Trinajstić information content (AvgIpc) is 2.17. The Bertz CT molecular complexity index is 431. The number of aromatic nitrogens is 1. The van der Waals surface area contributed by atoms with E-state index in [0.29, 0.717) is 28.8 Å². The van der Waals surface area contributed by atoms with Crippen LogP contribution in [0.15, 0.2) is 6.20 Å². The van der Waals surface area contributed by atoms with Gasteiger partial charge in [0.2, 0.25) is 11.9 Å². The molecule has 1 heterocycles. The van der Waals surface area contributed by atoms with Gasteiger partial charge < -0.3 is 10.9 Å². The molecule has 0 fully saturated rings. The third-order valence-corrected chi connectivity index (χ3v) is 2.70. The topological polar surface area (TPSA) is 96.1 Å². The van der Waals surface area contributed by atoms with Crippen LogP contribution in [0.5, 0.6) is 0 Å². The molecule has 0 bridgehead atoms. The summed E-state index contributed by atoms with van der Waals surface area (Å²) in [6.07, 6.45) is 4.02. The lowest BCUT2D eigenvalue weighted by Crippen LogP contribution is -2.35. The van der Waals surface area contributed by atoms with Crippen LogP contribution in [0.25, 0.3) is 0 Å². The van der Waals surface area contributed by atoms with Crippen molar-refractivity contribution < 1.29 is 9.65 Å². The molecule has 1 aromatic rings. The summed E-state index contributed by atoms with van der Waals surface area (Å²) in [7, 11) is 0. The summed E-state index contributed by atoms with van der Waals surface area (Å²) >= 11 is 0. The molecule has 6 nitrogen and oxygen atoms in total. The number of fused-ring (bicyclic) bond motifs is 1. The maximum atomic E-state index is 11.5. The molecule has 0 amide bonds. The number of hydrogen-bond donors (Lipinski definition) is 1. The Morgan fingerprint density at radius 1 is 1.40 bits per heavy atom. The van der Waals surface area contributed by atoms with Crippen molar-refractivity contribution in [1.29, 1.82) is 0 Å². The van der Waals surface area contributed by atoms with Crippen molar-refractivity contribution >= 4 is 11.4 Å². The van der Waals surface area contributed by atoms with E-state index in [9.17, 15) is 15.3 Å². The highest BCUT2D eigenvalue weighted by Gasteiger charge is 2.30. The maximum absolute atomic E-state index is 11.5. The molecule has 6 heteroatoms. The third kappa shape index (κ3) is 1.47. The summed E-state index contributed by atoms with van der Waals surface area (Å²) in [4.78, 5) is 10.3. The van der Waals surface area contributed by atoms with Crippen molar-refractivity contribution in [3.8, 4) is 0 Å². The summed E-state index contributed by atoms with van der Waals surface area (Å²) in [6.45, 7) is 0. The Kier molecular flexibility index (Phi) is 2.18. The second-order valence-corrected chi connectivity index (χ2v) is 3.65. The summed E-state index contributed by atoms with van der Waals surface area (Å²) in [5.74, 6) is 0. The number of rotatable bonds is 1. The average molecular weight is 209 g/mol. The number of nitrogen functional groups attached to an aromatic ring is 1. The fourth-order valence-electron chi connectivity index (χ4n) is 2.04. The fourth-order valence-corrected chi connectivity index (χ4v) is 2.04. The van der Waals surface area contributed by atoms with Gasteiger partial charge in [-0.1, -0.05) is 0 Å². The largest absolute Gasteiger partial charge is 0.618 e. The van der Waals surface area contributed by atoms with Gasteiger partial charge in [-0.25, -0.2) is 0 Å². The summed E-state index contributed by atoms with van der Waals surface area (Å²) < 4.78 is 0.664. The van der Waals surface area contributed by atoms with Gasteiger partial charge in [0.05, 0.1) is 4.92 Å². The molecule has 1 aliphatic carbocycles. The van der Waals surface area contributed by atoms with E-state index < -0.39 is 4.92 Å². The number of pyridine rings is 1. The molecule has 0 saturated heterocycles. The quantitative estimate of drug-likeness (QED) is 0.318. The van der Waals surface area contributed by atoms with E-state index in [0.717, 1.165) is 19.0 Å². The summed E-state index contributed by atoms with van der Waals surface area (Å²) in [5.41, 5.74) is 6.37. The third-order valence-electron chi connectivity index (χ3n) is 2.70. The molecule has 0 aromatic carbocycles. The SMILES string of the molecule is Nc1c[n+]([O-])c2c(c1[N+](=O)[O-])CCCC2. The van der Waals surface area contributed by atoms with Crippen LogP contribution in [-0.2, 0) is 12.8 Å². The molecule has 1 aromatic heterocycles. The fraction of sp³-hybridized carbons (Fsp3) is 0.444. The van der Waals surface area contributed by atoms with Crippen molar-refractivity contribution in [2.24, 2.45) is 0 Å². The molecule has 0 atom stereocenters. The minimum Gasteiger partial charge on any atom is -0.618 e. The number of nitrogens with two attached hydrogens (primary N) is 1. The van der Waals surface area contributed by atoms with Crippen LogP contribution in [0.3, 0.4) is 0 Å². The first-order chi connectivity index (χ1) is 7.11. The lowest BCUT2D eigenvalue weighted by atomic mass is 9.94. The molecule has 0 radical (unpaired) electrons. The Hall–Kier alpha value is -1.85. The maximum Gasteiger partial charge on any atom is 0.307 e. The van der Waals surface area contributed by atoms with Crippen LogP contribution in [0.4, 0.5) is 11.4 Å². The molecule has 0 saturated carbocycles. The second kappa shape index (κ2) is 3.38. The highest BCUT2D eigenvalue weighted by Crippen LogP contribution is 2.31. The number of anilines is 1. The Balaban J connectivity index is 2.68. The minimum atomic E-state index is -0.501. The molecular weight excluding hydrogens is 198 g/mol. The lowest BCUT2D eigenvalue weighted by molar-refractivity contribution is -0.614. The zero-order valence-corrected chi connectivity index (χ0v) is 8.10. The first-order valence-electron chi connectivity index (χ1n) is 4.79. The van der Waals surface area contributed by atoms with Gasteiger partial charge in [-0.05, 0) is 19.3 Å². The Labute approximate surface area is 86.1 Å². The monoisotopic (exact) mass is 209 g/mol. The van der Waals surface area contributed by atoms with Gasteiger partial charge in [-0.15, -0.1) is 0 Å². The van der Waals surface area contributed by atoms with Crippen molar-refractivity contribution in [3.05, 3.63) is 32.8 Å². The predicted octanol–water partition coefficient (Wildman–Crippen LogP) is 0.689. The van der Waals surface area contributed by atoms with Crippen LogP contribution in [0.1, 0.15) is 24.1 Å². The van der Waals surface area contributed by atoms with Gasteiger partial charge in [-0.2, -0.15) is 4.73 Å². The number of hydrogen-bond acceptors (Lipinski definition) is 4. The summed E-state index contributed by atoms with van der Waals surface area (Å²) in [5, 5.41) is 22.3. The second-order valence-electron chi connectivity index (χ2n) is 3.65. The predicted molar refractivity (Wildman–Crippen MR) is 53.1 cm³/mol. The Morgan fingerprint density at radius 3 is 2.73 bits per heavy atom. The van der Waals surface area contributed by atoms with Crippen molar-refractivity contribution in [2.45, 2.75) is 25.7 Å². The van der Waals surface area contributed by atoms with Gasteiger partial charge in [0.15, 0.2) is 5.69 Å². The molecule has 15 heavy (non-hydrogen) atoms. The van der Waals surface area contributed by atoms with E-state index in [4.69, 9.17) is 5.73 Å². The van der Waals surface area contributed by atoms with Crippen LogP contribution in [-0.4, -0.2) is 4.92 Å². The molecule has 2 rings (SSSR count). The van der Waals surface area contributed by atoms with E-state index in [1.54, 1.807) is 0 Å². The smallest absolute Gasteiger partial charge is 0.307 e. The van der Waals surface area contributed by atoms with Crippen LogP contribution < -0.4 is 10.5 Å². The van der Waals surface area contributed by atoms with E-state index in [1.807, 2.05) is 0 Å². The van der Waals surface area contributed by atoms with E-state index >= 15 is 0 Å². The summed E-state index contributed by atoms with van der Waals surface area (Å²) in [6, 6.07) is 0. The van der Waals surface area contributed by atoms with Crippen LogP contribution >= 0.6 is 0 Å². The molecule has 80 valence electrons. The minimum absolute atomic E-state index is 0.0457. The van der Waals surface area contributed by atoms with Crippen LogP contribution in [0, 0.1) is 15.3 Å². The first kappa shape index (κ1) is 9.70. The molecule has 1 aliphatic rings. The number of nitro groups is 1. The highest BCUT2D eigenvalue weighted by molar-refractivity contribution is 5.61. The van der Waals surface area contributed by atoms with Gasteiger partial charge in [-0.3, -0.25) is 10.1 Å². The van der Waals surface area contributed by atoms with E-state index in [-0.39, 0.29) is 11.4 Å². The number of nitrogens with zero attached hydrogens (tertiary/aromatic N) is 2. The zero-order valence-electron chi connectivity index (χ0n) is 8.10. The van der Waals surface area contributed by atoms with Crippen molar-refractivity contribution in [2.75, 3.05) is 5.73 Å². The molecular formula is C9H11N3O3. The molecule has 0 aliphatic heterocycles. The lowest BCUT2D eigenvalue weighted by Gasteiger charge is -2.15. The van der Waals surface area contributed by atoms with Gasteiger partial charge >= 0.3 is 5.69 Å². The first-order valence-corrected chi connectivity index (χ1v) is 4.79. The van der Waals surface area contributed by atoms with Gasteiger partial charge in [0, 0.05) is 6.42 Å². The van der Waals surface area contributed by atoms with Crippen molar-refractivity contribution in [3.63, 3.8) is 0 Å². The molecule has 2 N–H and O–H groups in total. The van der Waals surface area contributed by atoms with E-state index in [2.05, 4.69) is 0 Å². The van der Waals surface area contributed by atoms with E-state index in [1.165, 1.54) is 0 Å². The standard InChI is InChI=1S/C9H11N3O3/c10-7-5-11(13)8-4-2-1-3-6(8)9(7)12(14)15/h5H,1-4,10H2. The zero-order chi connectivity index (χ0) is 11.0.